The van der Waals surface area contributed by atoms with E-state index in [1.165, 1.54) is 13.0 Å². The first-order valence-corrected chi connectivity index (χ1v) is 6.16. The molecule has 0 radical (unpaired) electrons. The molecule has 0 fully saturated rings. The summed E-state index contributed by atoms with van der Waals surface area (Å²) in [7, 11) is -3.46. The standard InChI is InChI=1S/C11H12O3S/c1-7-3-4-9-6-10(8(2)12)15(13,14)11(9)5-7/h3-6,8,12H,1-2H3. The summed E-state index contributed by atoms with van der Waals surface area (Å²) in [4.78, 5) is 0.390. The van der Waals surface area contributed by atoms with E-state index in [9.17, 15) is 13.5 Å². The van der Waals surface area contributed by atoms with Crippen molar-refractivity contribution >= 4 is 15.9 Å². The Morgan fingerprint density at radius 1 is 1.33 bits per heavy atom. The zero-order valence-electron chi connectivity index (χ0n) is 8.56. The number of fused-ring (bicyclic) bond motifs is 1. The third-order valence-electron chi connectivity index (χ3n) is 2.48. The van der Waals surface area contributed by atoms with Crippen LogP contribution in [0.4, 0.5) is 0 Å². The van der Waals surface area contributed by atoms with Crippen molar-refractivity contribution in [3.8, 4) is 0 Å². The summed E-state index contributed by atoms with van der Waals surface area (Å²) in [6.07, 6.45) is 0.581. The second-order valence-corrected chi connectivity index (χ2v) is 5.69. The van der Waals surface area contributed by atoms with Crippen molar-refractivity contribution in [1.82, 2.24) is 0 Å². The number of aliphatic hydroxyl groups is 1. The van der Waals surface area contributed by atoms with Gasteiger partial charge in [-0.25, -0.2) is 8.42 Å². The molecule has 0 amide bonds. The molecule has 1 aromatic carbocycles. The molecule has 1 atom stereocenters. The highest BCUT2D eigenvalue weighted by molar-refractivity contribution is 7.96. The Labute approximate surface area is 89.0 Å². The molecule has 80 valence electrons. The Morgan fingerprint density at radius 2 is 2.00 bits per heavy atom. The van der Waals surface area contributed by atoms with Crippen LogP contribution < -0.4 is 0 Å². The zero-order valence-corrected chi connectivity index (χ0v) is 9.38. The van der Waals surface area contributed by atoms with Gasteiger partial charge in [-0.05, 0) is 37.1 Å². The highest BCUT2D eigenvalue weighted by Gasteiger charge is 2.31. The van der Waals surface area contributed by atoms with Gasteiger partial charge in [-0.1, -0.05) is 12.1 Å². The Balaban J connectivity index is 2.69. The predicted octanol–water partition coefficient (Wildman–Crippen LogP) is 1.50. The Kier molecular flexibility index (Phi) is 2.20. The highest BCUT2D eigenvalue weighted by Crippen LogP contribution is 2.34. The minimum Gasteiger partial charge on any atom is -0.388 e. The van der Waals surface area contributed by atoms with E-state index in [0.29, 0.717) is 10.5 Å². The van der Waals surface area contributed by atoms with E-state index in [4.69, 9.17) is 0 Å². The van der Waals surface area contributed by atoms with Gasteiger partial charge >= 0.3 is 0 Å². The average Bonchev–Trinajstić information content (AvgIpc) is 2.39. The first-order valence-electron chi connectivity index (χ1n) is 4.68. The lowest BCUT2D eigenvalue weighted by atomic mass is 10.1. The van der Waals surface area contributed by atoms with E-state index in [1.54, 1.807) is 12.1 Å². The summed E-state index contributed by atoms with van der Waals surface area (Å²) in [5, 5.41) is 9.38. The van der Waals surface area contributed by atoms with Crippen LogP contribution >= 0.6 is 0 Å². The smallest absolute Gasteiger partial charge is 0.205 e. The van der Waals surface area contributed by atoms with Gasteiger partial charge in [-0.3, -0.25) is 0 Å². The molecule has 1 aliphatic heterocycles. The number of aliphatic hydroxyl groups excluding tert-OH is 1. The van der Waals surface area contributed by atoms with Crippen LogP contribution in [0, 0.1) is 6.92 Å². The fourth-order valence-corrected chi connectivity index (χ4v) is 3.46. The molecule has 3 nitrogen and oxygen atoms in total. The van der Waals surface area contributed by atoms with E-state index in [2.05, 4.69) is 0 Å². The largest absolute Gasteiger partial charge is 0.388 e. The van der Waals surface area contributed by atoms with Crippen LogP contribution in [-0.4, -0.2) is 19.6 Å². The van der Waals surface area contributed by atoms with Crippen LogP contribution in [0.1, 0.15) is 18.1 Å². The fourth-order valence-electron chi connectivity index (χ4n) is 1.70. The molecule has 0 aliphatic carbocycles. The maximum atomic E-state index is 11.9. The number of benzene rings is 1. The van der Waals surface area contributed by atoms with E-state index in [-0.39, 0.29) is 4.91 Å². The van der Waals surface area contributed by atoms with E-state index >= 15 is 0 Å². The first-order chi connectivity index (χ1) is 6.93. The monoisotopic (exact) mass is 224 g/mol. The van der Waals surface area contributed by atoms with Crippen molar-refractivity contribution in [2.75, 3.05) is 0 Å². The molecule has 0 saturated heterocycles. The Bertz CT molecular complexity index is 539. The van der Waals surface area contributed by atoms with Crippen molar-refractivity contribution in [2.24, 2.45) is 0 Å². The molecular formula is C11H12O3S. The van der Waals surface area contributed by atoms with E-state index < -0.39 is 15.9 Å². The molecular weight excluding hydrogens is 212 g/mol. The molecule has 1 heterocycles. The van der Waals surface area contributed by atoms with Gasteiger partial charge in [0.15, 0.2) is 0 Å². The summed E-state index contributed by atoms with van der Waals surface area (Å²) in [6, 6.07) is 5.25. The number of rotatable bonds is 1. The second-order valence-electron chi connectivity index (χ2n) is 3.77. The Hall–Kier alpha value is -1.13. The van der Waals surface area contributed by atoms with Gasteiger partial charge in [0.2, 0.25) is 9.84 Å². The van der Waals surface area contributed by atoms with Gasteiger partial charge in [0.05, 0.1) is 15.9 Å². The van der Waals surface area contributed by atoms with Crippen molar-refractivity contribution in [3.05, 3.63) is 34.2 Å². The van der Waals surface area contributed by atoms with Crippen molar-refractivity contribution in [1.29, 1.82) is 0 Å². The molecule has 1 aliphatic rings. The van der Waals surface area contributed by atoms with E-state index in [0.717, 1.165) is 5.56 Å². The van der Waals surface area contributed by atoms with Gasteiger partial charge in [0, 0.05) is 0 Å². The first kappa shape index (κ1) is 10.4. The molecule has 15 heavy (non-hydrogen) atoms. The normalized spacial score (nSPS) is 19.5. The number of sulfone groups is 1. The topological polar surface area (TPSA) is 54.4 Å². The highest BCUT2D eigenvalue weighted by atomic mass is 32.2. The van der Waals surface area contributed by atoms with Crippen LogP contribution in [0.15, 0.2) is 28.0 Å². The molecule has 0 saturated carbocycles. The molecule has 1 aromatic rings. The molecule has 0 spiro atoms. The lowest BCUT2D eigenvalue weighted by Gasteiger charge is -2.06. The SMILES string of the molecule is Cc1ccc2c(c1)S(=O)(=O)C(C(C)O)=C2. The average molecular weight is 224 g/mol. The summed E-state index contributed by atoms with van der Waals surface area (Å²) < 4.78 is 23.9. The summed E-state index contributed by atoms with van der Waals surface area (Å²) >= 11 is 0. The van der Waals surface area contributed by atoms with Crippen molar-refractivity contribution in [2.45, 2.75) is 24.8 Å². The number of hydrogen-bond donors (Lipinski definition) is 1. The van der Waals surface area contributed by atoms with Crippen LogP contribution in [-0.2, 0) is 9.84 Å². The van der Waals surface area contributed by atoms with Gasteiger partial charge in [-0.2, -0.15) is 0 Å². The maximum Gasteiger partial charge on any atom is 0.205 e. The van der Waals surface area contributed by atoms with Crippen LogP contribution in [0.2, 0.25) is 0 Å². The fraction of sp³-hybridized carbons (Fsp3) is 0.273. The van der Waals surface area contributed by atoms with Crippen molar-refractivity contribution < 1.29 is 13.5 Å². The summed E-state index contributed by atoms with van der Waals surface area (Å²) in [6.45, 7) is 3.30. The summed E-state index contributed by atoms with van der Waals surface area (Å²) in [5.41, 5.74) is 1.56. The van der Waals surface area contributed by atoms with Crippen LogP contribution in [0.3, 0.4) is 0 Å². The molecule has 4 heteroatoms. The van der Waals surface area contributed by atoms with Crippen LogP contribution in [0.5, 0.6) is 0 Å². The molecule has 1 N–H and O–H groups in total. The quantitative estimate of drug-likeness (QED) is 0.786. The molecule has 0 aromatic heterocycles. The zero-order chi connectivity index (χ0) is 11.2. The maximum absolute atomic E-state index is 11.9. The van der Waals surface area contributed by atoms with Crippen molar-refractivity contribution in [3.63, 3.8) is 0 Å². The molecule has 2 rings (SSSR count). The third kappa shape index (κ3) is 1.50. The van der Waals surface area contributed by atoms with Gasteiger partial charge in [0.1, 0.15) is 0 Å². The van der Waals surface area contributed by atoms with E-state index in [1.807, 2.05) is 13.0 Å². The second kappa shape index (κ2) is 3.18. The lowest BCUT2D eigenvalue weighted by Crippen LogP contribution is -2.12. The van der Waals surface area contributed by atoms with Gasteiger partial charge in [-0.15, -0.1) is 0 Å². The number of hydrogen-bond acceptors (Lipinski definition) is 3. The van der Waals surface area contributed by atoms with Gasteiger partial charge in [0.25, 0.3) is 0 Å². The third-order valence-corrected chi connectivity index (χ3v) is 4.49. The predicted molar refractivity (Wildman–Crippen MR) is 58.0 cm³/mol. The van der Waals surface area contributed by atoms with Gasteiger partial charge < -0.3 is 5.11 Å². The van der Waals surface area contributed by atoms with Crippen LogP contribution in [0.25, 0.3) is 6.08 Å². The minimum absolute atomic E-state index is 0.0862. The molecule has 1 unspecified atom stereocenters. The summed E-state index contributed by atoms with van der Waals surface area (Å²) in [5.74, 6) is 0. The molecule has 0 bridgehead atoms. The lowest BCUT2D eigenvalue weighted by molar-refractivity contribution is 0.240. The minimum atomic E-state index is -3.46. The number of aryl methyl sites for hydroxylation is 1. The Morgan fingerprint density at radius 3 is 2.60 bits per heavy atom.